The lowest BCUT2D eigenvalue weighted by Crippen LogP contribution is -2.39. The molecule has 0 bridgehead atoms. The van der Waals surface area contributed by atoms with Gasteiger partial charge in [-0.3, -0.25) is 0 Å². The number of rotatable bonds is 33. The van der Waals surface area contributed by atoms with Gasteiger partial charge in [-0.15, -0.1) is 0 Å². The standard InChI is InChI=1S/C41H75NO3/c1-3-5-7-9-11-13-15-17-19-21-23-25-27-29-31-33-35-44-41(40-37-39(43)38-42-40)45-36-34-32-30-28-26-24-22-20-18-16-14-12-10-8-6-4-2/h11-14,17-20,39-43H,3-10,15-16,21-38H2,1-2H3/b13-11-,14-12-,19-17-,20-18-/t39-,40+/m1/s1. The number of hydrogen-bond acceptors (Lipinski definition) is 4. The molecule has 1 fully saturated rings. The highest BCUT2D eigenvalue weighted by molar-refractivity contribution is 4.93. The summed E-state index contributed by atoms with van der Waals surface area (Å²) in [5.41, 5.74) is 0. The molecule has 0 aromatic rings. The van der Waals surface area contributed by atoms with Crippen molar-refractivity contribution in [3.8, 4) is 0 Å². The van der Waals surface area contributed by atoms with Crippen LogP contribution in [0.2, 0.25) is 0 Å². The van der Waals surface area contributed by atoms with Crippen molar-refractivity contribution in [2.45, 2.75) is 193 Å². The van der Waals surface area contributed by atoms with E-state index in [1.165, 1.54) is 128 Å². The third kappa shape index (κ3) is 28.7. The minimum atomic E-state index is -0.284. The van der Waals surface area contributed by atoms with Gasteiger partial charge in [0, 0.05) is 19.8 Å². The van der Waals surface area contributed by atoms with E-state index in [2.05, 4.69) is 67.8 Å². The minimum Gasteiger partial charge on any atom is -0.392 e. The highest BCUT2D eigenvalue weighted by atomic mass is 16.7. The molecule has 1 saturated heterocycles. The van der Waals surface area contributed by atoms with E-state index in [0.717, 1.165) is 45.3 Å². The van der Waals surface area contributed by atoms with Crippen LogP contribution in [0.3, 0.4) is 0 Å². The van der Waals surface area contributed by atoms with E-state index < -0.39 is 0 Å². The van der Waals surface area contributed by atoms with Gasteiger partial charge in [0.05, 0.1) is 12.1 Å². The Labute approximate surface area is 280 Å². The van der Waals surface area contributed by atoms with Crippen molar-refractivity contribution in [3.05, 3.63) is 48.6 Å². The van der Waals surface area contributed by atoms with Crippen LogP contribution in [0, 0.1) is 0 Å². The summed E-state index contributed by atoms with van der Waals surface area (Å²) in [5.74, 6) is 0. The fourth-order valence-electron chi connectivity index (χ4n) is 5.81. The van der Waals surface area contributed by atoms with Crippen LogP contribution < -0.4 is 5.32 Å². The first kappa shape index (κ1) is 41.8. The molecule has 0 saturated carbocycles. The minimum absolute atomic E-state index is 0.106. The predicted octanol–water partition coefficient (Wildman–Crippen LogP) is 11.7. The molecule has 0 amide bonds. The molecule has 1 aliphatic rings. The van der Waals surface area contributed by atoms with Crippen LogP contribution in [0.4, 0.5) is 0 Å². The second-order valence-corrected chi connectivity index (χ2v) is 13.2. The number of hydrogen-bond donors (Lipinski definition) is 2. The average molecular weight is 630 g/mol. The summed E-state index contributed by atoms with van der Waals surface area (Å²) in [7, 11) is 0. The SMILES string of the molecule is CCCCC/C=C\C/C=C\CCCCCCCCOC(OCCCCCCCC/C=C\C/C=C\CCCCC)[C@@H]1C[C@@H](O)CN1. The van der Waals surface area contributed by atoms with Gasteiger partial charge in [0.1, 0.15) is 0 Å². The van der Waals surface area contributed by atoms with Crippen LogP contribution in [0.1, 0.15) is 174 Å². The number of aliphatic hydroxyl groups excluding tert-OH is 1. The van der Waals surface area contributed by atoms with Crippen LogP contribution >= 0.6 is 0 Å². The zero-order valence-electron chi connectivity index (χ0n) is 29.9. The lowest BCUT2D eigenvalue weighted by Gasteiger charge is -2.24. The Bertz CT molecular complexity index is 666. The van der Waals surface area contributed by atoms with E-state index in [1.54, 1.807) is 0 Å². The van der Waals surface area contributed by atoms with Gasteiger partial charge < -0.3 is 19.9 Å². The van der Waals surface area contributed by atoms with Crippen molar-refractivity contribution in [1.82, 2.24) is 5.32 Å². The van der Waals surface area contributed by atoms with Gasteiger partial charge in [-0.25, -0.2) is 0 Å². The quantitative estimate of drug-likeness (QED) is 0.0431. The maximum Gasteiger partial charge on any atom is 0.172 e. The van der Waals surface area contributed by atoms with Gasteiger partial charge in [-0.05, 0) is 83.5 Å². The summed E-state index contributed by atoms with van der Waals surface area (Å²) in [4.78, 5) is 0. The fourth-order valence-corrected chi connectivity index (χ4v) is 5.81. The normalized spacial score (nSPS) is 17.5. The molecule has 0 aromatic heterocycles. The topological polar surface area (TPSA) is 50.7 Å². The first-order valence-electron chi connectivity index (χ1n) is 19.5. The number of β-amino-alcohol motifs (C(OH)–C–C–N with tert-alkyl or cyclic N) is 1. The second kappa shape index (κ2) is 34.1. The summed E-state index contributed by atoms with van der Waals surface area (Å²) in [6, 6.07) is 0.106. The number of ether oxygens (including phenoxy) is 2. The van der Waals surface area contributed by atoms with E-state index in [9.17, 15) is 5.11 Å². The Hall–Kier alpha value is -1.20. The van der Waals surface area contributed by atoms with Crippen LogP contribution in [0.15, 0.2) is 48.6 Å². The van der Waals surface area contributed by atoms with Crippen molar-refractivity contribution in [2.24, 2.45) is 0 Å². The van der Waals surface area contributed by atoms with E-state index in [0.29, 0.717) is 6.54 Å². The van der Waals surface area contributed by atoms with E-state index >= 15 is 0 Å². The molecule has 1 heterocycles. The van der Waals surface area contributed by atoms with Crippen molar-refractivity contribution in [1.29, 1.82) is 0 Å². The van der Waals surface area contributed by atoms with E-state index in [1.807, 2.05) is 0 Å². The largest absolute Gasteiger partial charge is 0.392 e. The second-order valence-electron chi connectivity index (χ2n) is 13.2. The van der Waals surface area contributed by atoms with Crippen molar-refractivity contribution in [2.75, 3.05) is 19.8 Å². The van der Waals surface area contributed by atoms with Gasteiger partial charge in [0.15, 0.2) is 6.29 Å². The monoisotopic (exact) mass is 630 g/mol. The van der Waals surface area contributed by atoms with Crippen molar-refractivity contribution >= 4 is 0 Å². The fraction of sp³-hybridized carbons (Fsp3) is 0.805. The van der Waals surface area contributed by atoms with Gasteiger partial charge in [-0.2, -0.15) is 0 Å². The van der Waals surface area contributed by atoms with Crippen LogP contribution in [0.25, 0.3) is 0 Å². The number of nitrogens with one attached hydrogen (secondary N) is 1. The van der Waals surface area contributed by atoms with Crippen molar-refractivity contribution in [3.63, 3.8) is 0 Å². The smallest absolute Gasteiger partial charge is 0.172 e. The molecule has 1 rings (SSSR count). The molecule has 2 atom stereocenters. The summed E-state index contributed by atoms with van der Waals surface area (Å²) < 4.78 is 12.4. The van der Waals surface area contributed by atoms with Gasteiger partial charge in [0.25, 0.3) is 0 Å². The van der Waals surface area contributed by atoms with Gasteiger partial charge >= 0.3 is 0 Å². The molecule has 262 valence electrons. The number of aliphatic hydroxyl groups is 1. The zero-order valence-corrected chi connectivity index (χ0v) is 29.9. The molecule has 0 aromatic carbocycles. The lowest BCUT2D eigenvalue weighted by atomic mass is 10.1. The Morgan fingerprint density at radius 1 is 0.533 bits per heavy atom. The Morgan fingerprint density at radius 3 is 1.29 bits per heavy atom. The predicted molar refractivity (Wildman–Crippen MR) is 197 cm³/mol. The van der Waals surface area contributed by atoms with Gasteiger partial charge in [-0.1, -0.05) is 140 Å². The molecule has 45 heavy (non-hydrogen) atoms. The van der Waals surface area contributed by atoms with Crippen LogP contribution in [-0.2, 0) is 9.47 Å². The van der Waals surface area contributed by atoms with E-state index in [-0.39, 0.29) is 18.4 Å². The summed E-state index contributed by atoms with van der Waals surface area (Å²) in [6.45, 7) is 6.66. The molecular formula is C41H75NO3. The third-order valence-corrected chi connectivity index (χ3v) is 8.72. The molecule has 0 aliphatic carbocycles. The molecule has 0 unspecified atom stereocenters. The summed E-state index contributed by atoms with van der Waals surface area (Å²) in [6.07, 6.45) is 48.9. The number of allylic oxidation sites excluding steroid dienone is 8. The van der Waals surface area contributed by atoms with Crippen LogP contribution in [-0.4, -0.2) is 43.3 Å². The Morgan fingerprint density at radius 2 is 0.911 bits per heavy atom. The molecule has 2 N–H and O–H groups in total. The summed E-state index contributed by atoms with van der Waals surface area (Å²) >= 11 is 0. The molecule has 0 spiro atoms. The Kier molecular flexibility index (Phi) is 31.7. The molecule has 1 aliphatic heterocycles. The zero-order chi connectivity index (χ0) is 32.3. The van der Waals surface area contributed by atoms with Crippen LogP contribution in [0.5, 0.6) is 0 Å². The van der Waals surface area contributed by atoms with Crippen molar-refractivity contribution < 1.29 is 14.6 Å². The highest BCUT2D eigenvalue weighted by Gasteiger charge is 2.30. The molecule has 0 radical (unpaired) electrons. The van der Waals surface area contributed by atoms with E-state index in [4.69, 9.17) is 9.47 Å². The molecule has 4 heteroatoms. The third-order valence-electron chi connectivity index (χ3n) is 8.72. The molecule has 4 nitrogen and oxygen atoms in total. The Balaban J connectivity index is 1.99. The maximum atomic E-state index is 10.0. The lowest BCUT2D eigenvalue weighted by molar-refractivity contribution is -0.159. The molecular weight excluding hydrogens is 554 g/mol. The summed E-state index contributed by atoms with van der Waals surface area (Å²) in [5, 5.41) is 13.4. The average Bonchev–Trinajstić information content (AvgIpc) is 3.48. The number of unbranched alkanes of at least 4 members (excludes halogenated alkanes) is 18. The first-order valence-corrected chi connectivity index (χ1v) is 19.5. The maximum absolute atomic E-state index is 10.0. The highest BCUT2D eigenvalue weighted by Crippen LogP contribution is 2.17. The van der Waals surface area contributed by atoms with Gasteiger partial charge in [0.2, 0.25) is 0 Å². The first-order chi connectivity index (χ1) is 22.3.